The van der Waals surface area contributed by atoms with E-state index in [4.69, 9.17) is 14.2 Å². The van der Waals surface area contributed by atoms with Gasteiger partial charge in [-0.3, -0.25) is 0 Å². The van der Waals surface area contributed by atoms with Crippen molar-refractivity contribution in [3.8, 4) is 5.75 Å². The first-order valence-corrected chi connectivity index (χ1v) is 5.90. The van der Waals surface area contributed by atoms with Crippen LogP contribution in [-0.4, -0.2) is 39.1 Å². The smallest absolute Gasteiger partial charge is 0.407 e. The molecule has 0 heterocycles. The number of ether oxygens (including phenoxy) is 3. The largest absolute Gasteiger partial charge is 0.490 e. The van der Waals surface area contributed by atoms with E-state index in [1.54, 1.807) is 24.3 Å². The van der Waals surface area contributed by atoms with Crippen LogP contribution in [0, 0.1) is 6.07 Å². The van der Waals surface area contributed by atoms with Gasteiger partial charge in [-0.25, -0.2) is 4.79 Å². The topological polar surface area (TPSA) is 56.8 Å². The molecule has 0 saturated carbocycles. The van der Waals surface area contributed by atoms with Crippen LogP contribution >= 0.6 is 0 Å². The quantitative estimate of drug-likeness (QED) is 0.714. The van der Waals surface area contributed by atoms with E-state index < -0.39 is 6.09 Å². The van der Waals surface area contributed by atoms with Gasteiger partial charge in [0.15, 0.2) is 0 Å². The summed E-state index contributed by atoms with van der Waals surface area (Å²) in [6, 6.07) is 10.00. The number of hydrogen-bond acceptors (Lipinski definition) is 4. The van der Waals surface area contributed by atoms with E-state index in [1.807, 2.05) is 6.92 Å². The summed E-state index contributed by atoms with van der Waals surface area (Å²) in [7, 11) is 0. The maximum atomic E-state index is 11.2. The van der Waals surface area contributed by atoms with Crippen molar-refractivity contribution in [1.29, 1.82) is 0 Å². The van der Waals surface area contributed by atoms with Crippen molar-refractivity contribution in [2.75, 3.05) is 33.0 Å². The minimum atomic E-state index is -0.459. The number of nitrogens with one attached hydrogen (secondary N) is 1. The van der Waals surface area contributed by atoms with Gasteiger partial charge in [0.1, 0.15) is 19.0 Å². The van der Waals surface area contributed by atoms with Gasteiger partial charge in [-0.05, 0) is 25.1 Å². The maximum absolute atomic E-state index is 11.2. The standard InChI is InChI=1S/C13H18NO4/c1-2-16-9-8-14-13(15)18-11-10-17-12-6-4-3-5-7-12/h4-7H,2,8-11H2,1H3,(H,14,15). The summed E-state index contributed by atoms with van der Waals surface area (Å²) in [5, 5.41) is 2.57. The second-order valence-corrected chi connectivity index (χ2v) is 3.34. The minimum Gasteiger partial charge on any atom is -0.490 e. The van der Waals surface area contributed by atoms with Crippen LogP contribution < -0.4 is 10.1 Å². The van der Waals surface area contributed by atoms with E-state index in [0.29, 0.717) is 26.4 Å². The zero-order valence-corrected chi connectivity index (χ0v) is 10.5. The SMILES string of the molecule is CCOCCNC(=O)OCCOc1cc[c]cc1. The fourth-order valence-corrected chi connectivity index (χ4v) is 1.18. The highest BCUT2D eigenvalue weighted by molar-refractivity contribution is 5.67. The Kier molecular flexibility index (Phi) is 7.39. The van der Waals surface area contributed by atoms with E-state index in [0.717, 1.165) is 5.75 Å². The number of carbonyl (C=O) groups is 1. The lowest BCUT2D eigenvalue weighted by molar-refractivity contribution is 0.115. The molecule has 0 saturated heterocycles. The molecule has 1 N–H and O–H groups in total. The average molecular weight is 252 g/mol. The molecule has 1 rings (SSSR count). The van der Waals surface area contributed by atoms with Crippen LogP contribution in [0.25, 0.3) is 0 Å². The van der Waals surface area contributed by atoms with Gasteiger partial charge in [-0.2, -0.15) is 0 Å². The van der Waals surface area contributed by atoms with Crippen molar-refractivity contribution in [3.05, 3.63) is 30.3 Å². The Morgan fingerprint density at radius 1 is 1.28 bits per heavy atom. The average Bonchev–Trinajstić information content (AvgIpc) is 2.41. The third kappa shape index (κ3) is 6.75. The normalized spacial score (nSPS) is 9.83. The third-order valence-electron chi connectivity index (χ3n) is 1.99. The van der Waals surface area contributed by atoms with Crippen molar-refractivity contribution in [2.24, 2.45) is 0 Å². The van der Waals surface area contributed by atoms with E-state index in [2.05, 4.69) is 11.4 Å². The zero-order chi connectivity index (χ0) is 13.1. The molecule has 0 atom stereocenters. The number of alkyl carbamates (subject to hydrolysis) is 1. The van der Waals surface area contributed by atoms with Gasteiger partial charge in [-0.15, -0.1) is 0 Å². The van der Waals surface area contributed by atoms with Gasteiger partial charge in [0.2, 0.25) is 0 Å². The number of amides is 1. The van der Waals surface area contributed by atoms with Crippen LogP contribution in [0.3, 0.4) is 0 Å². The molecule has 0 aliphatic carbocycles. The fraction of sp³-hybridized carbons (Fsp3) is 0.462. The summed E-state index contributed by atoms with van der Waals surface area (Å²) in [4.78, 5) is 11.2. The number of rotatable bonds is 8. The summed E-state index contributed by atoms with van der Waals surface area (Å²) in [5.41, 5.74) is 0. The lowest BCUT2D eigenvalue weighted by Crippen LogP contribution is -2.29. The maximum Gasteiger partial charge on any atom is 0.407 e. The first-order chi connectivity index (χ1) is 8.83. The summed E-state index contributed by atoms with van der Waals surface area (Å²) in [5.74, 6) is 0.731. The molecular weight excluding hydrogens is 234 g/mol. The molecule has 0 aliphatic heterocycles. The van der Waals surface area contributed by atoms with Gasteiger partial charge in [-0.1, -0.05) is 12.1 Å². The summed E-state index contributed by atoms with van der Waals surface area (Å²) < 4.78 is 15.3. The molecule has 5 heteroatoms. The Bertz CT molecular complexity index is 329. The summed E-state index contributed by atoms with van der Waals surface area (Å²) in [6.45, 7) is 4.00. The highest BCUT2D eigenvalue weighted by Gasteiger charge is 2.00. The molecule has 1 radical (unpaired) electrons. The van der Waals surface area contributed by atoms with Crippen molar-refractivity contribution in [2.45, 2.75) is 6.92 Å². The molecule has 0 fully saturated rings. The van der Waals surface area contributed by atoms with Crippen molar-refractivity contribution < 1.29 is 19.0 Å². The van der Waals surface area contributed by atoms with Gasteiger partial charge in [0, 0.05) is 13.2 Å². The number of hydrogen-bond donors (Lipinski definition) is 1. The van der Waals surface area contributed by atoms with E-state index in [9.17, 15) is 4.79 Å². The minimum absolute atomic E-state index is 0.207. The van der Waals surface area contributed by atoms with Crippen LogP contribution in [0.4, 0.5) is 4.79 Å². The molecule has 0 spiro atoms. The van der Waals surface area contributed by atoms with Crippen molar-refractivity contribution >= 4 is 6.09 Å². The van der Waals surface area contributed by atoms with Gasteiger partial charge in [0.25, 0.3) is 0 Å². The Labute approximate surface area is 107 Å². The van der Waals surface area contributed by atoms with Gasteiger partial charge in [0.05, 0.1) is 6.61 Å². The molecule has 0 aliphatic rings. The van der Waals surface area contributed by atoms with Crippen LogP contribution in [0.5, 0.6) is 5.75 Å². The second kappa shape index (κ2) is 9.30. The molecule has 0 unspecified atom stereocenters. The number of benzene rings is 1. The third-order valence-corrected chi connectivity index (χ3v) is 1.99. The fourth-order valence-electron chi connectivity index (χ4n) is 1.18. The van der Waals surface area contributed by atoms with Crippen molar-refractivity contribution in [1.82, 2.24) is 5.32 Å². The molecule has 5 nitrogen and oxygen atoms in total. The number of carbonyl (C=O) groups excluding carboxylic acids is 1. The molecule has 99 valence electrons. The monoisotopic (exact) mass is 252 g/mol. The van der Waals surface area contributed by atoms with E-state index in [-0.39, 0.29) is 6.61 Å². The summed E-state index contributed by atoms with van der Waals surface area (Å²) >= 11 is 0. The zero-order valence-electron chi connectivity index (χ0n) is 10.5. The molecule has 18 heavy (non-hydrogen) atoms. The Morgan fingerprint density at radius 2 is 2.06 bits per heavy atom. The highest BCUT2D eigenvalue weighted by atomic mass is 16.6. The molecule has 1 aromatic rings. The Balaban J connectivity index is 1.99. The van der Waals surface area contributed by atoms with Crippen molar-refractivity contribution in [3.63, 3.8) is 0 Å². The van der Waals surface area contributed by atoms with Crippen LogP contribution in [0.1, 0.15) is 6.92 Å². The molecule has 0 aromatic heterocycles. The Morgan fingerprint density at radius 3 is 2.78 bits per heavy atom. The lowest BCUT2D eigenvalue weighted by Gasteiger charge is -2.08. The predicted molar refractivity (Wildman–Crippen MR) is 66.6 cm³/mol. The van der Waals surface area contributed by atoms with Gasteiger partial charge < -0.3 is 19.5 Å². The Hall–Kier alpha value is -1.75. The molecule has 0 bridgehead atoms. The van der Waals surface area contributed by atoms with Crippen LogP contribution in [0.2, 0.25) is 0 Å². The lowest BCUT2D eigenvalue weighted by atomic mass is 10.3. The first kappa shape index (κ1) is 14.3. The van der Waals surface area contributed by atoms with E-state index >= 15 is 0 Å². The molecular formula is C13H18NO4. The molecule has 1 amide bonds. The van der Waals surface area contributed by atoms with Gasteiger partial charge >= 0.3 is 6.09 Å². The highest BCUT2D eigenvalue weighted by Crippen LogP contribution is 2.07. The first-order valence-electron chi connectivity index (χ1n) is 5.90. The van der Waals surface area contributed by atoms with Crippen LogP contribution in [0.15, 0.2) is 24.3 Å². The molecule has 1 aromatic carbocycles. The van der Waals surface area contributed by atoms with Crippen LogP contribution in [-0.2, 0) is 9.47 Å². The summed E-state index contributed by atoms with van der Waals surface area (Å²) in [6.07, 6.45) is -0.459. The second-order valence-electron chi connectivity index (χ2n) is 3.34. The predicted octanol–water partition coefficient (Wildman–Crippen LogP) is 1.63. The van der Waals surface area contributed by atoms with E-state index in [1.165, 1.54) is 0 Å².